The summed E-state index contributed by atoms with van der Waals surface area (Å²) < 4.78 is 0. The molecule has 1 aliphatic rings. The van der Waals surface area contributed by atoms with E-state index in [1.165, 1.54) is 38.8 Å². The normalized spacial score (nSPS) is 26.5. The molecule has 0 bridgehead atoms. The lowest BCUT2D eigenvalue weighted by Gasteiger charge is -2.50. The van der Waals surface area contributed by atoms with Crippen LogP contribution in [-0.2, 0) is 0 Å². The number of piperazine rings is 1. The molecular formula is C16H34N2. The van der Waals surface area contributed by atoms with Crippen molar-refractivity contribution in [2.24, 2.45) is 5.92 Å². The third-order valence-electron chi connectivity index (χ3n) is 4.87. The van der Waals surface area contributed by atoms with Crippen LogP contribution in [0, 0.1) is 5.92 Å². The fourth-order valence-electron chi connectivity index (χ4n) is 3.42. The van der Waals surface area contributed by atoms with Crippen LogP contribution in [-0.4, -0.2) is 35.6 Å². The van der Waals surface area contributed by atoms with Crippen LogP contribution in [0.15, 0.2) is 0 Å². The fraction of sp³-hybridized carbons (Fsp3) is 1.00. The molecule has 2 nitrogen and oxygen atoms in total. The minimum absolute atomic E-state index is 0.358. The van der Waals surface area contributed by atoms with E-state index < -0.39 is 0 Å². The van der Waals surface area contributed by atoms with Crippen molar-refractivity contribution in [2.75, 3.05) is 13.1 Å². The molecule has 0 aromatic rings. The van der Waals surface area contributed by atoms with Gasteiger partial charge in [-0.25, -0.2) is 0 Å². The fourth-order valence-corrected chi connectivity index (χ4v) is 3.42. The zero-order valence-corrected chi connectivity index (χ0v) is 13.4. The molecule has 1 N–H and O–H groups in total. The van der Waals surface area contributed by atoms with Gasteiger partial charge in [0.2, 0.25) is 0 Å². The van der Waals surface area contributed by atoms with Crippen LogP contribution in [0.4, 0.5) is 0 Å². The summed E-state index contributed by atoms with van der Waals surface area (Å²) in [6.07, 6.45) is 5.06. The third-order valence-corrected chi connectivity index (χ3v) is 4.87. The molecule has 1 aliphatic heterocycles. The maximum absolute atomic E-state index is 3.83. The molecule has 2 atom stereocenters. The molecule has 18 heavy (non-hydrogen) atoms. The molecule has 1 fully saturated rings. The lowest BCUT2D eigenvalue weighted by atomic mass is 9.86. The van der Waals surface area contributed by atoms with Crippen molar-refractivity contribution in [3.05, 3.63) is 0 Å². The first-order valence-corrected chi connectivity index (χ1v) is 7.98. The van der Waals surface area contributed by atoms with Gasteiger partial charge in [0.25, 0.3) is 0 Å². The first kappa shape index (κ1) is 16.0. The second-order valence-electron chi connectivity index (χ2n) is 6.58. The smallest absolute Gasteiger partial charge is 0.0304 e. The van der Waals surface area contributed by atoms with Crippen molar-refractivity contribution < 1.29 is 0 Å². The minimum atomic E-state index is 0.358. The molecule has 0 aliphatic carbocycles. The Hall–Kier alpha value is -0.0800. The summed E-state index contributed by atoms with van der Waals surface area (Å²) in [6, 6.07) is 1.44. The Labute approximate surface area is 115 Å². The molecule has 0 aromatic heterocycles. The zero-order chi connectivity index (χ0) is 13.8. The van der Waals surface area contributed by atoms with Gasteiger partial charge in [-0.2, -0.15) is 0 Å². The zero-order valence-electron chi connectivity index (χ0n) is 13.4. The molecule has 2 unspecified atom stereocenters. The van der Waals surface area contributed by atoms with E-state index in [9.17, 15) is 0 Å². The summed E-state index contributed by atoms with van der Waals surface area (Å²) in [5.74, 6) is 0.796. The van der Waals surface area contributed by atoms with E-state index in [4.69, 9.17) is 0 Å². The molecule has 108 valence electrons. The lowest BCUT2D eigenvalue weighted by Crippen LogP contribution is -2.65. The van der Waals surface area contributed by atoms with Crippen molar-refractivity contribution in [2.45, 2.75) is 84.8 Å². The summed E-state index contributed by atoms with van der Waals surface area (Å²) >= 11 is 0. The Balaban J connectivity index is 2.75. The van der Waals surface area contributed by atoms with Crippen molar-refractivity contribution in [3.63, 3.8) is 0 Å². The third kappa shape index (κ3) is 3.71. The number of hydrogen-bond donors (Lipinski definition) is 1. The minimum Gasteiger partial charge on any atom is -0.308 e. The summed E-state index contributed by atoms with van der Waals surface area (Å²) in [7, 11) is 0. The summed E-state index contributed by atoms with van der Waals surface area (Å²) in [4.78, 5) is 2.78. The van der Waals surface area contributed by atoms with Gasteiger partial charge < -0.3 is 5.32 Å². The summed E-state index contributed by atoms with van der Waals surface area (Å²) in [5, 5.41) is 3.83. The van der Waals surface area contributed by atoms with Crippen molar-refractivity contribution in [3.8, 4) is 0 Å². The lowest BCUT2D eigenvalue weighted by molar-refractivity contribution is 0.0338. The van der Waals surface area contributed by atoms with Crippen LogP contribution in [0.3, 0.4) is 0 Å². The van der Waals surface area contributed by atoms with E-state index >= 15 is 0 Å². The van der Waals surface area contributed by atoms with Gasteiger partial charge in [-0.1, -0.05) is 34.6 Å². The van der Waals surface area contributed by atoms with Crippen LogP contribution < -0.4 is 5.32 Å². The number of nitrogens with zero attached hydrogens (tertiary/aromatic N) is 1. The van der Waals surface area contributed by atoms with Gasteiger partial charge in [-0.15, -0.1) is 0 Å². The van der Waals surface area contributed by atoms with E-state index in [0.29, 0.717) is 5.54 Å². The summed E-state index contributed by atoms with van der Waals surface area (Å²) in [5.41, 5.74) is 0.358. The van der Waals surface area contributed by atoms with E-state index in [1.54, 1.807) is 0 Å². The number of rotatable bonds is 6. The number of nitrogens with one attached hydrogen (secondary N) is 1. The van der Waals surface area contributed by atoms with Gasteiger partial charge in [0, 0.05) is 30.7 Å². The molecule has 0 amide bonds. The largest absolute Gasteiger partial charge is 0.308 e. The highest BCUT2D eigenvalue weighted by Crippen LogP contribution is 2.27. The standard InChI is InChI=1S/C16H34N2/c1-7-15-11-17-16(8-2,9-3)12-18(15)14(6)10-13(4)5/h13-15,17H,7-12H2,1-6H3. The molecule has 0 spiro atoms. The Morgan fingerprint density at radius 1 is 1.17 bits per heavy atom. The molecule has 1 saturated heterocycles. The Morgan fingerprint density at radius 2 is 1.78 bits per heavy atom. The van der Waals surface area contributed by atoms with Crippen LogP contribution >= 0.6 is 0 Å². The van der Waals surface area contributed by atoms with Crippen molar-refractivity contribution >= 4 is 0 Å². The van der Waals surface area contributed by atoms with Gasteiger partial charge in [-0.3, -0.25) is 4.90 Å². The average molecular weight is 254 g/mol. The van der Waals surface area contributed by atoms with E-state index in [0.717, 1.165) is 18.0 Å². The van der Waals surface area contributed by atoms with Gasteiger partial charge in [-0.05, 0) is 38.5 Å². The second-order valence-corrected chi connectivity index (χ2v) is 6.58. The van der Waals surface area contributed by atoms with E-state index in [-0.39, 0.29) is 0 Å². The van der Waals surface area contributed by atoms with Gasteiger partial charge in [0.05, 0.1) is 0 Å². The predicted octanol–water partition coefficient (Wildman–Crippen LogP) is 3.66. The molecule has 1 heterocycles. The Morgan fingerprint density at radius 3 is 2.22 bits per heavy atom. The monoisotopic (exact) mass is 254 g/mol. The van der Waals surface area contributed by atoms with Crippen LogP contribution in [0.25, 0.3) is 0 Å². The second kappa shape index (κ2) is 6.91. The quantitative estimate of drug-likeness (QED) is 0.778. The highest BCUT2D eigenvalue weighted by Gasteiger charge is 2.37. The first-order valence-electron chi connectivity index (χ1n) is 7.98. The molecule has 2 heteroatoms. The Kier molecular flexibility index (Phi) is 6.13. The van der Waals surface area contributed by atoms with E-state index in [2.05, 4.69) is 51.8 Å². The molecule has 0 radical (unpaired) electrons. The van der Waals surface area contributed by atoms with Gasteiger partial charge in [0.15, 0.2) is 0 Å². The highest BCUT2D eigenvalue weighted by atomic mass is 15.3. The molecule has 1 rings (SSSR count). The number of hydrogen-bond acceptors (Lipinski definition) is 2. The molecule has 0 aromatic carbocycles. The topological polar surface area (TPSA) is 15.3 Å². The van der Waals surface area contributed by atoms with Gasteiger partial charge >= 0.3 is 0 Å². The van der Waals surface area contributed by atoms with Gasteiger partial charge in [0.1, 0.15) is 0 Å². The maximum atomic E-state index is 3.83. The van der Waals surface area contributed by atoms with Crippen LogP contribution in [0.1, 0.15) is 67.2 Å². The maximum Gasteiger partial charge on any atom is 0.0304 e. The Bertz CT molecular complexity index is 233. The highest BCUT2D eigenvalue weighted by molar-refractivity contribution is 4.97. The van der Waals surface area contributed by atoms with E-state index in [1.807, 2.05) is 0 Å². The molecular weight excluding hydrogens is 220 g/mol. The van der Waals surface area contributed by atoms with Crippen LogP contribution in [0.5, 0.6) is 0 Å². The molecule has 0 saturated carbocycles. The summed E-state index contributed by atoms with van der Waals surface area (Å²) in [6.45, 7) is 16.5. The van der Waals surface area contributed by atoms with Crippen molar-refractivity contribution in [1.29, 1.82) is 0 Å². The SMILES string of the molecule is CCC1CNC(CC)(CC)CN1C(C)CC(C)C. The van der Waals surface area contributed by atoms with Crippen LogP contribution in [0.2, 0.25) is 0 Å². The predicted molar refractivity (Wildman–Crippen MR) is 81.0 cm³/mol. The first-order chi connectivity index (χ1) is 8.48. The average Bonchev–Trinajstić information content (AvgIpc) is 2.37. The van der Waals surface area contributed by atoms with Crippen molar-refractivity contribution in [1.82, 2.24) is 10.2 Å².